The molecule has 1 aliphatic heterocycles. The van der Waals surface area contributed by atoms with Gasteiger partial charge >= 0.3 is 0 Å². The SMILES string of the molecule is CCN(CC)CCCN1C(=O)CSC1c1cccc(OC)c1. The first-order valence-corrected chi connectivity index (χ1v) is 9.01. The molecule has 4 nitrogen and oxygen atoms in total. The first-order chi connectivity index (χ1) is 10.7. The maximum atomic E-state index is 12.2. The van der Waals surface area contributed by atoms with E-state index in [0.717, 1.165) is 43.9 Å². The van der Waals surface area contributed by atoms with Gasteiger partial charge in [-0.1, -0.05) is 26.0 Å². The molecule has 1 unspecified atom stereocenters. The van der Waals surface area contributed by atoms with E-state index in [2.05, 4.69) is 24.8 Å². The van der Waals surface area contributed by atoms with Gasteiger partial charge in [0.05, 0.1) is 12.9 Å². The van der Waals surface area contributed by atoms with E-state index < -0.39 is 0 Å². The number of nitrogens with zero attached hydrogens (tertiary/aromatic N) is 2. The fourth-order valence-corrected chi connectivity index (χ4v) is 3.98. The number of benzene rings is 1. The molecule has 1 aliphatic rings. The predicted molar refractivity (Wildman–Crippen MR) is 92.3 cm³/mol. The summed E-state index contributed by atoms with van der Waals surface area (Å²) in [5, 5.41) is 0.124. The highest BCUT2D eigenvalue weighted by Crippen LogP contribution is 2.39. The van der Waals surface area contributed by atoms with Crippen molar-refractivity contribution in [3.05, 3.63) is 29.8 Å². The summed E-state index contributed by atoms with van der Waals surface area (Å²) in [7, 11) is 1.67. The fraction of sp³-hybridized carbons (Fsp3) is 0.588. The lowest BCUT2D eigenvalue weighted by Crippen LogP contribution is -2.32. The molecule has 1 fully saturated rings. The van der Waals surface area contributed by atoms with Crippen LogP contribution in [0.25, 0.3) is 0 Å². The second-order valence-electron chi connectivity index (χ2n) is 5.41. The van der Waals surface area contributed by atoms with E-state index in [0.29, 0.717) is 5.75 Å². The van der Waals surface area contributed by atoms with Gasteiger partial charge in [0.1, 0.15) is 11.1 Å². The second-order valence-corrected chi connectivity index (χ2v) is 6.48. The van der Waals surface area contributed by atoms with Gasteiger partial charge in [0.25, 0.3) is 0 Å². The Labute approximate surface area is 137 Å². The Morgan fingerprint density at radius 2 is 2.14 bits per heavy atom. The van der Waals surface area contributed by atoms with Crippen LogP contribution in [-0.4, -0.2) is 54.7 Å². The van der Waals surface area contributed by atoms with Crippen LogP contribution >= 0.6 is 11.8 Å². The number of rotatable bonds is 8. The average Bonchev–Trinajstić information content (AvgIpc) is 2.92. The molecule has 122 valence electrons. The maximum Gasteiger partial charge on any atom is 0.233 e. The van der Waals surface area contributed by atoms with E-state index in [1.807, 2.05) is 23.1 Å². The molecule has 2 rings (SSSR count). The Morgan fingerprint density at radius 3 is 2.82 bits per heavy atom. The van der Waals surface area contributed by atoms with Gasteiger partial charge < -0.3 is 14.5 Å². The molecule has 0 aliphatic carbocycles. The van der Waals surface area contributed by atoms with Crippen molar-refractivity contribution >= 4 is 17.7 Å². The van der Waals surface area contributed by atoms with Crippen LogP contribution in [0.1, 0.15) is 31.2 Å². The van der Waals surface area contributed by atoms with Crippen LogP contribution < -0.4 is 4.74 Å². The number of ether oxygens (including phenoxy) is 1. The van der Waals surface area contributed by atoms with Gasteiger partial charge in [-0.05, 0) is 43.8 Å². The summed E-state index contributed by atoms with van der Waals surface area (Å²) in [6.07, 6.45) is 1.02. The van der Waals surface area contributed by atoms with Crippen molar-refractivity contribution in [1.29, 1.82) is 0 Å². The van der Waals surface area contributed by atoms with Crippen molar-refractivity contribution in [2.24, 2.45) is 0 Å². The zero-order valence-corrected chi connectivity index (χ0v) is 14.6. The summed E-state index contributed by atoms with van der Waals surface area (Å²) < 4.78 is 5.30. The number of thioether (sulfide) groups is 1. The molecule has 1 heterocycles. The average molecular weight is 322 g/mol. The summed E-state index contributed by atoms with van der Waals surface area (Å²) in [4.78, 5) is 16.6. The van der Waals surface area contributed by atoms with E-state index >= 15 is 0 Å². The third-order valence-corrected chi connectivity index (χ3v) is 5.37. The minimum atomic E-state index is 0.124. The second kappa shape index (κ2) is 8.44. The molecule has 22 heavy (non-hydrogen) atoms. The van der Waals surface area contributed by atoms with Gasteiger partial charge in [-0.25, -0.2) is 0 Å². The zero-order chi connectivity index (χ0) is 15.9. The van der Waals surface area contributed by atoms with Gasteiger partial charge in [-0.2, -0.15) is 0 Å². The van der Waals surface area contributed by atoms with Gasteiger partial charge in [-0.3, -0.25) is 4.79 Å². The van der Waals surface area contributed by atoms with Gasteiger partial charge in [0.2, 0.25) is 5.91 Å². The van der Waals surface area contributed by atoms with E-state index in [4.69, 9.17) is 4.74 Å². The van der Waals surface area contributed by atoms with Crippen molar-refractivity contribution in [3.8, 4) is 5.75 Å². The van der Waals surface area contributed by atoms with Crippen LogP contribution in [0.4, 0.5) is 0 Å². The summed E-state index contributed by atoms with van der Waals surface area (Å²) in [5.41, 5.74) is 1.15. The summed E-state index contributed by atoms with van der Waals surface area (Å²) in [5.74, 6) is 1.67. The van der Waals surface area contributed by atoms with Crippen LogP contribution in [0.5, 0.6) is 5.75 Å². The van der Waals surface area contributed by atoms with E-state index in [1.54, 1.807) is 18.9 Å². The molecule has 0 saturated carbocycles. The van der Waals surface area contributed by atoms with Crippen molar-refractivity contribution < 1.29 is 9.53 Å². The number of amides is 1. The molecule has 0 radical (unpaired) electrons. The van der Waals surface area contributed by atoms with E-state index in [1.165, 1.54) is 0 Å². The minimum absolute atomic E-state index is 0.124. The molecule has 1 saturated heterocycles. The Kier molecular flexibility index (Phi) is 6.58. The third kappa shape index (κ3) is 4.17. The smallest absolute Gasteiger partial charge is 0.233 e. The molecule has 5 heteroatoms. The number of carbonyl (C=O) groups is 1. The molecule has 1 amide bonds. The van der Waals surface area contributed by atoms with Crippen LogP contribution in [-0.2, 0) is 4.79 Å². The molecule has 0 N–H and O–H groups in total. The molecule has 0 aromatic heterocycles. The highest BCUT2D eigenvalue weighted by atomic mass is 32.2. The zero-order valence-electron chi connectivity index (χ0n) is 13.7. The molecular weight excluding hydrogens is 296 g/mol. The Morgan fingerprint density at radius 1 is 1.36 bits per heavy atom. The van der Waals surface area contributed by atoms with Gasteiger partial charge in [0.15, 0.2) is 0 Å². The molecule has 0 bridgehead atoms. The number of hydrogen-bond acceptors (Lipinski definition) is 4. The number of carbonyl (C=O) groups excluding carboxylic acids is 1. The van der Waals surface area contributed by atoms with E-state index in [-0.39, 0.29) is 11.3 Å². The van der Waals surface area contributed by atoms with Gasteiger partial charge in [-0.15, -0.1) is 11.8 Å². The van der Waals surface area contributed by atoms with Crippen molar-refractivity contribution in [2.45, 2.75) is 25.6 Å². The first-order valence-electron chi connectivity index (χ1n) is 7.97. The van der Waals surface area contributed by atoms with Crippen molar-refractivity contribution in [2.75, 3.05) is 39.0 Å². The lowest BCUT2D eigenvalue weighted by atomic mass is 10.2. The highest BCUT2D eigenvalue weighted by molar-refractivity contribution is 8.00. The summed E-state index contributed by atoms with van der Waals surface area (Å²) >= 11 is 1.71. The quantitative estimate of drug-likeness (QED) is 0.736. The third-order valence-electron chi connectivity index (χ3n) is 4.11. The van der Waals surface area contributed by atoms with Gasteiger partial charge in [0, 0.05) is 6.54 Å². The normalized spacial score (nSPS) is 18.3. The fourth-order valence-electron chi connectivity index (χ4n) is 2.77. The van der Waals surface area contributed by atoms with Crippen molar-refractivity contribution in [3.63, 3.8) is 0 Å². The van der Waals surface area contributed by atoms with Crippen LogP contribution in [0.3, 0.4) is 0 Å². The Bertz CT molecular complexity index is 491. The lowest BCUT2D eigenvalue weighted by Gasteiger charge is -2.26. The molecular formula is C17H26N2O2S. The standard InChI is InChI=1S/C17H26N2O2S/c1-4-18(5-2)10-7-11-19-16(20)13-22-17(19)14-8-6-9-15(12-14)21-3/h6,8-9,12,17H,4-5,7,10-11,13H2,1-3H3. The largest absolute Gasteiger partial charge is 0.497 e. The Balaban J connectivity index is 1.99. The van der Waals surface area contributed by atoms with Crippen LogP contribution in [0.15, 0.2) is 24.3 Å². The van der Waals surface area contributed by atoms with E-state index in [9.17, 15) is 4.79 Å². The lowest BCUT2D eigenvalue weighted by molar-refractivity contribution is -0.128. The number of hydrogen-bond donors (Lipinski definition) is 0. The first kappa shape index (κ1) is 17.2. The summed E-state index contributed by atoms with van der Waals surface area (Å²) in [6.45, 7) is 8.37. The van der Waals surface area contributed by atoms with Crippen LogP contribution in [0.2, 0.25) is 0 Å². The molecule has 1 aromatic rings. The molecule has 1 aromatic carbocycles. The predicted octanol–water partition coefficient (Wildman–Crippen LogP) is 3.00. The summed E-state index contributed by atoms with van der Waals surface area (Å²) in [6, 6.07) is 8.05. The molecule has 0 spiro atoms. The maximum absolute atomic E-state index is 12.2. The minimum Gasteiger partial charge on any atom is -0.497 e. The highest BCUT2D eigenvalue weighted by Gasteiger charge is 2.32. The number of methoxy groups -OCH3 is 1. The Hall–Kier alpha value is -1.20. The van der Waals surface area contributed by atoms with Crippen molar-refractivity contribution in [1.82, 2.24) is 9.80 Å². The topological polar surface area (TPSA) is 32.8 Å². The van der Waals surface area contributed by atoms with Crippen LogP contribution in [0, 0.1) is 0 Å². The monoisotopic (exact) mass is 322 g/mol. The molecule has 1 atom stereocenters.